The SMILES string of the molecule is CCOC(=O)c1c(NC(=O)c2ccccc2OCC)sc(C(=O)N(CC)CC)c1C. The lowest BCUT2D eigenvalue weighted by atomic mass is 10.1. The molecule has 0 bridgehead atoms. The highest BCUT2D eigenvalue weighted by Crippen LogP contribution is 2.35. The number of esters is 1. The van der Waals surface area contributed by atoms with Crippen molar-refractivity contribution in [2.75, 3.05) is 31.6 Å². The fraction of sp³-hybridized carbons (Fsp3) is 0.409. The minimum atomic E-state index is -0.571. The zero-order valence-electron chi connectivity index (χ0n) is 18.0. The van der Waals surface area contributed by atoms with Crippen LogP contribution in [0.3, 0.4) is 0 Å². The number of nitrogens with zero attached hydrogens (tertiary/aromatic N) is 1. The normalized spacial score (nSPS) is 10.4. The number of thiophene rings is 1. The molecule has 0 saturated carbocycles. The molecule has 1 N–H and O–H groups in total. The van der Waals surface area contributed by atoms with Crippen LogP contribution in [0.5, 0.6) is 5.75 Å². The minimum absolute atomic E-state index is 0.178. The molecule has 0 aliphatic rings. The lowest BCUT2D eigenvalue weighted by molar-refractivity contribution is 0.0527. The Morgan fingerprint density at radius 2 is 1.70 bits per heavy atom. The zero-order chi connectivity index (χ0) is 22.3. The number of para-hydroxylation sites is 1. The predicted octanol–water partition coefficient (Wildman–Crippen LogP) is 4.37. The van der Waals surface area contributed by atoms with Gasteiger partial charge in [0.15, 0.2) is 0 Å². The molecular formula is C22H28N2O5S. The molecular weight excluding hydrogens is 404 g/mol. The van der Waals surface area contributed by atoms with Gasteiger partial charge in [-0.15, -0.1) is 11.3 Å². The van der Waals surface area contributed by atoms with E-state index >= 15 is 0 Å². The van der Waals surface area contributed by atoms with Crippen LogP contribution in [0.2, 0.25) is 0 Å². The molecule has 2 rings (SSSR count). The summed E-state index contributed by atoms with van der Waals surface area (Å²) in [5, 5.41) is 3.07. The van der Waals surface area contributed by atoms with E-state index in [4.69, 9.17) is 9.47 Å². The van der Waals surface area contributed by atoms with E-state index in [-0.39, 0.29) is 23.1 Å². The molecule has 30 heavy (non-hydrogen) atoms. The van der Waals surface area contributed by atoms with Crippen LogP contribution in [0.1, 0.15) is 63.6 Å². The van der Waals surface area contributed by atoms with Crippen LogP contribution in [-0.4, -0.2) is 49.0 Å². The number of ether oxygens (including phenoxy) is 2. The van der Waals surface area contributed by atoms with Crippen molar-refractivity contribution in [3.63, 3.8) is 0 Å². The van der Waals surface area contributed by atoms with Gasteiger partial charge in [-0.3, -0.25) is 9.59 Å². The zero-order valence-corrected chi connectivity index (χ0v) is 18.9. The van der Waals surface area contributed by atoms with Crippen LogP contribution >= 0.6 is 11.3 Å². The Bertz CT molecular complexity index is 918. The van der Waals surface area contributed by atoms with Crippen LogP contribution in [0.15, 0.2) is 24.3 Å². The van der Waals surface area contributed by atoms with E-state index in [1.54, 1.807) is 43.0 Å². The molecule has 0 spiro atoms. The summed E-state index contributed by atoms with van der Waals surface area (Å²) >= 11 is 1.08. The third-order valence-corrected chi connectivity index (χ3v) is 5.73. The summed E-state index contributed by atoms with van der Waals surface area (Å²) in [5.41, 5.74) is 1.06. The molecule has 1 aromatic heterocycles. The van der Waals surface area contributed by atoms with Gasteiger partial charge in [-0.25, -0.2) is 4.79 Å². The van der Waals surface area contributed by atoms with Gasteiger partial charge in [0, 0.05) is 13.1 Å². The van der Waals surface area contributed by atoms with Crippen molar-refractivity contribution >= 4 is 34.1 Å². The average Bonchev–Trinajstić information content (AvgIpc) is 3.05. The second kappa shape index (κ2) is 10.8. The number of rotatable bonds is 9. The smallest absolute Gasteiger partial charge is 0.341 e. The molecule has 0 atom stereocenters. The first-order chi connectivity index (χ1) is 14.4. The minimum Gasteiger partial charge on any atom is -0.493 e. The van der Waals surface area contributed by atoms with E-state index in [0.29, 0.717) is 41.4 Å². The Kier molecular flexibility index (Phi) is 8.41. The summed E-state index contributed by atoms with van der Waals surface area (Å²) in [6.45, 7) is 10.7. The van der Waals surface area contributed by atoms with Crippen LogP contribution in [0.4, 0.5) is 5.00 Å². The standard InChI is InChI=1S/C22H28N2O5S/c1-6-24(7-2)21(26)18-14(5)17(22(27)29-9-4)20(30-18)23-19(25)15-12-10-11-13-16(15)28-8-3/h10-13H,6-9H2,1-5H3,(H,23,25). The van der Waals surface area contributed by atoms with Crippen molar-refractivity contribution in [2.45, 2.75) is 34.6 Å². The summed E-state index contributed by atoms with van der Waals surface area (Å²) in [4.78, 5) is 40.6. The van der Waals surface area contributed by atoms with Crippen LogP contribution in [-0.2, 0) is 4.74 Å². The van der Waals surface area contributed by atoms with E-state index in [2.05, 4.69) is 5.32 Å². The number of amides is 2. The Morgan fingerprint density at radius 1 is 1.03 bits per heavy atom. The van der Waals surface area contributed by atoms with Gasteiger partial charge < -0.3 is 19.7 Å². The van der Waals surface area contributed by atoms with E-state index in [0.717, 1.165) is 11.3 Å². The second-order valence-corrected chi connectivity index (χ2v) is 7.36. The highest BCUT2D eigenvalue weighted by atomic mass is 32.1. The van der Waals surface area contributed by atoms with Gasteiger partial charge in [-0.2, -0.15) is 0 Å². The third-order valence-electron chi connectivity index (χ3n) is 4.53. The first kappa shape index (κ1) is 23.4. The molecule has 0 aliphatic carbocycles. The molecule has 2 aromatic rings. The number of benzene rings is 1. The number of hydrogen-bond acceptors (Lipinski definition) is 6. The Hall–Kier alpha value is -2.87. The van der Waals surface area contributed by atoms with Crippen molar-refractivity contribution in [2.24, 2.45) is 0 Å². The van der Waals surface area contributed by atoms with Crippen molar-refractivity contribution in [3.8, 4) is 5.75 Å². The highest BCUT2D eigenvalue weighted by molar-refractivity contribution is 7.18. The maximum atomic E-state index is 12.9. The van der Waals surface area contributed by atoms with Crippen LogP contribution < -0.4 is 10.1 Å². The van der Waals surface area contributed by atoms with E-state index in [1.807, 2.05) is 20.8 Å². The van der Waals surface area contributed by atoms with Crippen molar-refractivity contribution < 1.29 is 23.9 Å². The summed E-state index contributed by atoms with van der Waals surface area (Å²) in [6.07, 6.45) is 0. The average molecular weight is 433 g/mol. The van der Waals surface area contributed by atoms with Gasteiger partial charge >= 0.3 is 5.97 Å². The van der Waals surface area contributed by atoms with Crippen molar-refractivity contribution in [1.29, 1.82) is 0 Å². The third kappa shape index (κ3) is 4.99. The molecule has 0 unspecified atom stereocenters. The van der Waals surface area contributed by atoms with Crippen LogP contribution in [0.25, 0.3) is 0 Å². The number of hydrogen-bond donors (Lipinski definition) is 1. The van der Waals surface area contributed by atoms with Gasteiger partial charge in [0.05, 0.1) is 29.2 Å². The van der Waals surface area contributed by atoms with Gasteiger partial charge in [-0.1, -0.05) is 12.1 Å². The van der Waals surface area contributed by atoms with Crippen LogP contribution in [0, 0.1) is 6.92 Å². The highest BCUT2D eigenvalue weighted by Gasteiger charge is 2.28. The summed E-state index contributed by atoms with van der Waals surface area (Å²) in [6, 6.07) is 6.87. The molecule has 1 heterocycles. The maximum absolute atomic E-state index is 12.9. The van der Waals surface area contributed by atoms with Crippen molar-refractivity contribution in [1.82, 2.24) is 4.90 Å². The van der Waals surface area contributed by atoms with Gasteiger partial charge in [0.1, 0.15) is 10.8 Å². The summed E-state index contributed by atoms with van der Waals surface area (Å²) < 4.78 is 10.7. The molecule has 162 valence electrons. The largest absolute Gasteiger partial charge is 0.493 e. The van der Waals surface area contributed by atoms with Gasteiger partial charge in [0.2, 0.25) is 0 Å². The second-order valence-electron chi connectivity index (χ2n) is 6.34. The van der Waals surface area contributed by atoms with Gasteiger partial charge in [0.25, 0.3) is 11.8 Å². The Morgan fingerprint density at radius 3 is 2.30 bits per heavy atom. The fourth-order valence-corrected chi connectivity index (χ4v) is 4.17. The maximum Gasteiger partial charge on any atom is 0.341 e. The quantitative estimate of drug-likeness (QED) is 0.595. The molecule has 0 saturated heterocycles. The lowest BCUT2D eigenvalue weighted by Gasteiger charge is -2.18. The molecule has 0 radical (unpaired) electrons. The first-order valence-electron chi connectivity index (χ1n) is 10.0. The summed E-state index contributed by atoms with van der Waals surface area (Å²) in [5.74, 6) is -0.725. The van der Waals surface area contributed by atoms with E-state index in [1.165, 1.54) is 0 Å². The molecule has 0 aliphatic heterocycles. The lowest BCUT2D eigenvalue weighted by Crippen LogP contribution is -2.30. The molecule has 7 nitrogen and oxygen atoms in total. The number of anilines is 1. The molecule has 1 aromatic carbocycles. The van der Waals surface area contributed by atoms with Gasteiger partial charge in [-0.05, 0) is 52.3 Å². The molecule has 0 fully saturated rings. The Balaban J connectivity index is 2.48. The Labute approximate surface area is 181 Å². The van der Waals surface area contributed by atoms with Crippen molar-refractivity contribution in [3.05, 3.63) is 45.8 Å². The number of carbonyl (C=O) groups is 3. The van der Waals surface area contributed by atoms with E-state index < -0.39 is 11.9 Å². The first-order valence-corrected chi connectivity index (χ1v) is 10.8. The number of carbonyl (C=O) groups excluding carboxylic acids is 3. The molecule has 8 heteroatoms. The predicted molar refractivity (Wildman–Crippen MR) is 118 cm³/mol. The molecule has 2 amide bonds. The fourth-order valence-electron chi connectivity index (χ4n) is 3.02. The number of nitrogens with one attached hydrogen (secondary N) is 1. The summed E-state index contributed by atoms with van der Waals surface area (Å²) in [7, 11) is 0. The topological polar surface area (TPSA) is 84.9 Å². The monoisotopic (exact) mass is 432 g/mol. The van der Waals surface area contributed by atoms with E-state index in [9.17, 15) is 14.4 Å².